The molecular weight excluding hydrogens is 326 g/mol. The summed E-state index contributed by atoms with van der Waals surface area (Å²) in [5.41, 5.74) is 2.40. The van der Waals surface area contributed by atoms with Crippen molar-refractivity contribution in [2.24, 2.45) is 23.2 Å². The van der Waals surface area contributed by atoms with E-state index in [0.29, 0.717) is 13.0 Å². The van der Waals surface area contributed by atoms with Gasteiger partial charge in [0, 0.05) is 6.54 Å². The topological polar surface area (TPSA) is 55.4 Å². The van der Waals surface area contributed by atoms with Crippen molar-refractivity contribution < 1.29 is 14.3 Å². The van der Waals surface area contributed by atoms with Crippen molar-refractivity contribution in [2.45, 2.75) is 58.4 Å². The van der Waals surface area contributed by atoms with Gasteiger partial charge in [0.1, 0.15) is 0 Å². The Bertz CT molecular complexity index is 661. The van der Waals surface area contributed by atoms with Crippen LogP contribution in [0.3, 0.4) is 0 Å². The summed E-state index contributed by atoms with van der Waals surface area (Å²) in [6, 6.07) is 7.95. The van der Waals surface area contributed by atoms with Gasteiger partial charge in [-0.15, -0.1) is 0 Å². The van der Waals surface area contributed by atoms with Crippen LogP contribution < -0.4 is 5.32 Å². The molecule has 4 aliphatic rings. The minimum atomic E-state index is -0.230. The molecular formula is C22H29NO3. The van der Waals surface area contributed by atoms with Gasteiger partial charge in [0.25, 0.3) is 5.91 Å². The number of aryl methyl sites for hydroxylation is 1. The average molecular weight is 355 g/mol. The first-order valence-corrected chi connectivity index (χ1v) is 9.98. The van der Waals surface area contributed by atoms with Crippen LogP contribution in [0.2, 0.25) is 0 Å². The maximum absolute atomic E-state index is 12.4. The molecule has 5 rings (SSSR count). The molecule has 0 aromatic heterocycles. The summed E-state index contributed by atoms with van der Waals surface area (Å²) >= 11 is 0. The molecule has 0 heterocycles. The highest BCUT2D eigenvalue weighted by atomic mass is 16.5. The van der Waals surface area contributed by atoms with E-state index in [0.717, 1.165) is 28.9 Å². The number of hydrogen-bond donors (Lipinski definition) is 1. The van der Waals surface area contributed by atoms with Crippen molar-refractivity contribution in [3.63, 3.8) is 0 Å². The van der Waals surface area contributed by atoms with E-state index in [9.17, 15) is 9.59 Å². The van der Waals surface area contributed by atoms with E-state index < -0.39 is 0 Å². The van der Waals surface area contributed by atoms with Crippen LogP contribution in [0.1, 0.15) is 56.1 Å². The van der Waals surface area contributed by atoms with Gasteiger partial charge in [-0.1, -0.05) is 24.3 Å². The predicted molar refractivity (Wildman–Crippen MR) is 99.2 cm³/mol. The van der Waals surface area contributed by atoms with E-state index >= 15 is 0 Å². The molecule has 0 spiro atoms. The van der Waals surface area contributed by atoms with E-state index in [2.05, 4.69) is 5.32 Å². The van der Waals surface area contributed by atoms with E-state index in [1.165, 1.54) is 38.5 Å². The molecule has 140 valence electrons. The molecule has 4 heteroatoms. The zero-order valence-electron chi connectivity index (χ0n) is 15.6. The van der Waals surface area contributed by atoms with Crippen molar-refractivity contribution in [3.8, 4) is 0 Å². The highest BCUT2D eigenvalue weighted by molar-refractivity contribution is 5.80. The molecule has 26 heavy (non-hydrogen) atoms. The Labute approximate surface area is 155 Å². The SMILES string of the molecule is Cc1ccccc1CNC(=O)COC(=O)CC12CC3CC(CC(C3)C1)C2. The van der Waals surface area contributed by atoms with Crippen LogP contribution >= 0.6 is 0 Å². The first kappa shape index (κ1) is 17.6. The summed E-state index contributed by atoms with van der Waals surface area (Å²) in [4.78, 5) is 24.4. The van der Waals surface area contributed by atoms with Gasteiger partial charge in [0.15, 0.2) is 6.61 Å². The molecule has 0 saturated heterocycles. The first-order valence-electron chi connectivity index (χ1n) is 9.98. The third-order valence-corrected chi connectivity index (χ3v) is 6.79. The molecule has 4 bridgehead atoms. The van der Waals surface area contributed by atoms with Gasteiger partial charge >= 0.3 is 5.97 Å². The zero-order valence-corrected chi connectivity index (χ0v) is 15.6. The van der Waals surface area contributed by atoms with Crippen molar-refractivity contribution in [3.05, 3.63) is 35.4 Å². The molecule has 0 atom stereocenters. The quantitative estimate of drug-likeness (QED) is 0.791. The molecule has 4 fully saturated rings. The number of ether oxygens (including phenoxy) is 1. The first-order chi connectivity index (χ1) is 12.5. The molecule has 0 aliphatic heterocycles. The molecule has 1 aromatic rings. The van der Waals surface area contributed by atoms with Crippen LogP contribution in [-0.4, -0.2) is 18.5 Å². The second kappa shape index (κ2) is 7.05. The van der Waals surface area contributed by atoms with Gasteiger partial charge in [-0.05, 0) is 79.7 Å². The lowest BCUT2D eigenvalue weighted by molar-refractivity contribution is -0.155. The van der Waals surface area contributed by atoms with E-state index in [1.807, 2.05) is 31.2 Å². The van der Waals surface area contributed by atoms with Crippen LogP contribution in [0.4, 0.5) is 0 Å². The Kier molecular flexibility index (Phi) is 4.76. The second-order valence-corrected chi connectivity index (χ2v) is 8.96. The number of nitrogens with one attached hydrogen (secondary N) is 1. The molecule has 1 N–H and O–H groups in total. The number of benzene rings is 1. The van der Waals surface area contributed by atoms with Gasteiger partial charge in [0.2, 0.25) is 0 Å². The lowest BCUT2D eigenvalue weighted by atomic mass is 9.49. The van der Waals surface area contributed by atoms with Crippen molar-refractivity contribution in [2.75, 3.05) is 6.61 Å². The fraction of sp³-hybridized carbons (Fsp3) is 0.636. The Morgan fingerprint density at radius 2 is 1.69 bits per heavy atom. The largest absolute Gasteiger partial charge is 0.456 e. The third-order valence-electron chi connectivity index (χ3n) is 6.79. The monoisotopic (exact) mass is 355 g/mol. The van der Waals surface area contributed by atoms with E-state index in [-0.39, 0.29) is 23.9 Å². The van der Waals surface area contributed by atoms with E-state index in [4.69, 9.17) is 4.74 Å². The molecule has 4 nitrogen and oxygen atoms in total. The summed E-state index contributed by atoms with van der Waals surface area (Å²) in [5.74, 6) is 2.05. The standard InChI is InChI=1S/C22H29NO3/c1-15-4-2-3-5-19(15)13-23-20(24)14-26-21(25)12-22-9-16-6-17(10-22)8-18(7-16)11-22/h2-5,16-18H,6-14H2,1H3,(H,23,24). The Morgan fingerprint density at radius 1 is 1.08 bits per heavy atom. The normalized spacial score (nSPS) is 31.7. The average Bonchev–Trinajstić information content (AvgIpc) is 2.57. The number of carbonyl (C=O) groups excluding carboxylic acids is 2. The van der Waals surface area contributed by atoms with Crippen molar-refractivity contribution in [1.29, 1.82) is 0 Å². The number of amides is 1. The van der Waals surface area contributed by atoms with E-state index in [1.54, 1.807) is 0 Å². The molecule has 0 unspecified atom stereocenters. The summed E-state index contributed by atoms with van der Waals surface area (Å²) < 4.78 is 5.31. The fourth-order valence-electron chi connectivity index (χ4n) is 6.06. The zero-order chi connectivity index (χ0) is 18.1. The Morgan fingerprint density at radius 3 is 2.31 bits per heavy atom. The minimum Gasteiger partial charge on any atom is -0.456 e. The number of carbonyl (C=O) groups is 2. The fourth-order valence-corrected chi connectivity index (χ4v) is 6.06. The van der Waals surface area contributed by atoms with Crippen LogP contribution in [0.5, 0.6) is 0 Å². The number of hydrogen-bond acceptors (Lipinski definition) is 3. The van der Waals surface area contributed by atoms with Gasteiger partial charge in [-0.2, -0.15) is 0 Å². The third kappa shape index (κ3) is 3.79. The lowest BCUT2D eigenvalue weighted by Gasteiger charge is -2.56. The van der Waals surface area contributed by atoms with Gasteiger partial charge in [-0.25, -0.2) is 0 Å². The van der Waals surface area contributed by atoms with Gasteiger partial charge < -0.3 is 10.1 Å². The van der Waals surface area contributed by atoms with Crippen LogP contribution in [0.15, 0.2) is 24.3 Å². The number of esters is 1. The van der Waals surface area contributed by atoms with Gasteiger partial charge in [-0.3, -0.25) is 9.59 Å². The summed E-state index contributed by atoms with van der Waals surface area (Å²) in [5, 5.41) is 2.84. The lowest BCUT2D eigenvalue weighted by Crippen LogP contribution is -2.47. The minimum absolute atomic E-state index is 0.170. The van der Waals surface area contributed by atoms with Crippen molar-refractivity contribution in [1.82, 2.24) is 5.32 Å². The Hall–Kier alpha value is -1.84. The molecule has 4 aliphatic carbocycles. The number of rotatable bonds is 6. The molecule has 4 saturated carbocycles. The van der Waals surface area contributed by atoms with Crippen molar-refractivity contribution >= 4 is 11.9 Å². The summed E-state index contributed by atoms with van der Waals surface area (Å²) in [7, 11) is 0. The summed E-state index contributed by atoms with van der Waals surface area (Å²) in [6.07, 6.45) is 8.18. The maximum Gasteiger partial charge on any atom is 0.306 e. The summed E-state index contributed by atoms with van der Waals surface area (Å²) in [6.45, 7) is 2.32. The molecule has 0 radical (unpaired) electrons. The Balaban J connectivity index is 1.23. The molecule has 1 amide bonds. The highest BCUT2D eigenvalue weighted by Gasteiger charge is 2.51. The molecule has 1 aromatic carbocycles. The smallest absolute Gasteiger partial charge is 0.306 e. The van der Waals surface area contributed by atoms with Gasteiger partial charge in [0.05, 0.1) is 6.42 Å². The highest BCUT2D eigenvalue weighted by Crippen LogP contribution is 2.61. The van der Waals surface area contributed by atoms with Crippen LogP contribution in [0, 0.1) is 30.1 Å². The maximum atomic E-state index is 12.4. The second-order valence-electron chi connectivity index (χ2n) is 8.96. The van der Waals surface area contributed by atoms with Crippen LogP contribution in [-0.2, 0) is 20.9 Å². The predicted octanol–water partition coefficient (Wildman–Crippen LogP) is 3.76. The van der Waals surface area contributed by atoms with Crippen LogP contribution in [0.25, 0.3) is 0 Å².